The van der Waals surface area contributed by atoms with E-state index in [0.717, 1.165) is 11.1 Å². The van der Waals surface area contributed by atoms with Crippen LogP contribution in [-0.4, -0.2) is 8.42 Å². The van der Waals surface area contributed by atoms with Gasteiger partial charge in [0.1, 0.15) is 0 Å². The maximum absolute atomic E-state index is 12.6. The molecule has 0 aliphatic carbocycles. The van der Waals surface area contributed by atoms with E-state index in [1.54, 1.807) is 31.2 Å². The maximum atomic E-state index is 12.6. The van der Waals surface area contributed by atoms with Crippen LogP contribution in [0, 0.1) is 5.92 Å². The predicted molar refractivity (Wildman–Crippen MR) is 83.2 cm³/mol. The lowest BCUT2D eigenvalue weighted by molar-refractivity contribution is 0.541. The van der Waals surface area contributed by atoms with Gasteiger partial charge in [0.2, 0.25) is 9.84 Å². The second-order valence-electron chi connectivity index (χ2n) is 5.37. The van der Waals surface area contributed by atoms with Crippen LogP contribution in [0.3, 0.4) is 0 Å². The zero-order valence-corrected chi connectivity index (χ0v) is 12.9. The average Bonchev–Trinajstić information content (AvgIpc) is 2.41. The summed E-state index contributed by atoms with van der Waals surface area (Å²) in [4.78, 5) is 0.903. The molecule has 1 aromatic rings. The first-order valence-corrected chi connectivity index (χ1v) is 8.23. The number of sulfone groups is 1. The molecule has 3 heteroatoms. The van der Waals surface area contributed by atoms with Crippen LogP contribution in [0.1, 0.15) is 32.3 Å². The molecule has 0 aromatic heterocycles. The van der Waals surface area contributed by atoms with Crippen LogP contribution in [0.5, 0.6) is 0 Å². The fourth-order valence-corrected chi connectivity index (χ4v) is 4.40. The third-order valence-electron chi connectivity index (χ3n) is 3.77. The average molecular weight is 288 g/mol. The van der Waals surface area contributed by atoms with Crippen LogP contribution < -0.4 is 0 Å². The van der Waals surface area contributed by atoms with Gasteiger partial charge in [-0.15, -0.1) is 0 Å². The summed E-state index contributed by atoms with van der Waals surface area (Å²) >= 11 is 0. The van der Waals surface area contributed by atoms with Gasteiger partial charge in [-0.1, -0.05) is 56.9 Å². The van der Waals surface area contributed by atoms with Crippen LogP contribution >= 0.6 is 0 Å². The summed E-state index contributed by atoms with van der Waals surface area (Å²) < 4.78 is 25.3. The highest BCUT2D eigenvalue weighted by atomic mass is 32.2. The summed E-state index contributed by atoms with van der Waals surface area (Å²) in [7, 11) is -3.37. The number of benzene rings is 1. The third-order valence-corrected chi connectivity index (χ3v) is 5.76. The molecule has 0 bridgehead atoms. The molecule has 106 valence electrons. The molecule has 0 radical (unpaired) electrons. The van der Waals surface area contributed by atoms with Crippen molar-refractivity contribution in [1.82, 2.24) is 0 Å². The minimum atomic E-state index is -3.37. The van der Waals surface area contributed by atoms with Crippen LogP contribution in [0.2, 0.25) is 0 Å². The lowest BCUT2D eigenvalue weighted by Gasteiger charge is -2.31. The second-order valence-corrected chi connectivity index (χ2v) is 7.43. The normalized spacial score (nSPS) is 21.3. The summed E-state index contributed by atoms with van der Waals surface area (Å²) in [6.45, 7) is 9.60. The van der Waals surface area contributed by atoms with E-state index in [2.05, 4.69) is 20.4 Å². The lowest BCUT2D eigenvalue weighted by Crippen LogP contribution is -2.22. The Balaban J connectivity index is 2.79. The number of fused-ring (bicyclic) bond motifs is 1. The lowest BCUT2D eigenvalue weighted by atomic mass is 9.81. The van der Waals surface area contributed by atoms with Crippen LogP contribution in [0.15, 0.2) is 64.4 Å². The predicted octanol–water partition coefficient (Wildman–Crippen LogP) is 4.23. The molecule has 0 saturated heterocycles. The smallest absolute Gasteiger partial charge is 0.203 e. The summed E-state index contributed by atoms with van der Waals surface area (Å²) in [5, 5.41) is 0. The topological polar surface area (TPSA) is 34.1 Å². The molecule has 0 amide bonds. The zero-order valence-electron chi connectivity index (χ0n) is 12.1. The van der Waals surface area contributed by atoms with Crippen molar-refractivity contribution in [2.45, 2.75) is 31.6 Å². The quantitative estimate of drug-likeness (QED) is 0.780. The van der Waals surface area contributed by atoms with Crippen LogP contribution in [0.25, 0.3) is 0 Å². The molecule has 20 heavy (non-hydrogen) atoms. The number of rotatable bonds is 3. The SMILES string of the molecule is C=C/C=C\C1=C(C)S(=O)(=O)c2ccccc2C1C(C)C. The summed E-state index contributed by atoms with van der Waals surface area (Å²) in [6.07, 6.45) is 5.35. The van der Waals surface area contributed by atoms with Crippen molar-refractivity contribution < 1.29 is 8.42 Å². The van der Waals surface area contributed by atoms with E-state index in [1.165, 1.54) is 0 Å². The van der Waals surface area contributed by atoms with Gasteiger partial charge in [-0.3, -0.25) is 0 Å². The van der Waals surface area contributed by atoms with Crippen molar-refractivity contribution in [2.75, 3.05) is 0 Å². The van der Waals surface area contributed by atoms with Gasteiger partial charge in [-0.05, 0) is 30.0 Å². The highest BCUT2D eigenvalue weighted by Crippen LogP contribution is 2.44. The Hall–Kier alpha value is -1.61. The second kappa shape index (κ2) is 5.41. The van der Waals surface area contributed by atoms with Crippen molar-refractivity contribution in [1.29, 1.82) is 0 Å². The molecule has 1 aliphatic rings. The Morgan fingerprint density at radius 3 is 2.50 bits per heavy atom. The monoisotopic (exact) mass is 288 g/mol. The van der Waals surface area contributed by atoms with Crippen LogP contribution in [-0.2, 0) is 9.84 Å². The molecule has 1 aromatic carbocycles. The Labute approximate surface area is 121 Å². The minimum Gasteiger partial charge on any atom is -0.219 e. The van der Waals surface area contributed by atoms with Gasteiger partial charge in [-0.2, -0.15) is 0 Å². The summed E-state index contributed by atoms with van der Waals surface area (Å²) in [5.41, 5.74) is 1.77. The van der Waals surface area contributed by atoms with E-state index >= 15 is 0 Å². The van der Waals surface area contributed by atoms with Crippen molar-refractivity contribution in [3.8, 4) is 0 Å². The van der Waals surface area contributed by atoms with E-state index in [9.17, 15) is 8.42 Å². The zero-order chi connectivity index (χ0) is 14.9. The van der Waals surface area contributed by atoms with Gasteiger partial charge in [0.25, 0.3) is 0 Å². The molecule has 1 atom stereocenters. The third kappa shape index (κ3) is 2.27. The Bertz CT molecular complexity index is 691. The van der Waals surface area contributed by atoms with Gasteiger partial charge in [-0.25, -0.2) is 8.42 Å². The van der Waals surface area contributed by atoms with Gasteiger partial charge >= 0.3 is 0 Å². The Morgan fingerprint density at radius 2 is 1.90 bits per heavy atom. The van der Waals surface area contributed by atoms with Crippen molar-refractivity contribution >= 4 is 9.84 Å². The van der Waals surface area contributed by atoms with Crippen molar-refractivity contribution in [2.24, 2.45) is 5.92 Å². The van der Waals surface area contributed by atoms with Gasteiger partial charge in [0.15, 0.2) is 0 Å². The molecule has 1 heterocycles. The van der Waals surface area contributed by atoms with E-state index in [1.807, 2.05) is 18.2 Å². The van der Waals surface area contributed by atoms with Crippen LogP contribution in [0.4, 0.5) is 0 Å². The minimum absolute atomic E-state index is 0.103. The van der Waals surface area contributed by atoms with E-state index in [-0.39, 0.29) is 5.92 Å². The number of hydrogen-bond acceptors (Lipinski definition) is 2. The standard InChI is InChI=1S/C17H20O2S/c1-5-6-9-14-13(4)20(18,19)16-11-8-7-10-15(16)17(14)12(2)3/h5-12,17H,1H2,2-4H3/b9-6-. The largest absolute Gasteiger partial charge is 0.219 e. The Kier molecular flexibility index (Phi) is 4.00. The van der Waals surface area contributed by atoms with Gasteiger partial charge in [0, 0.05) is 10.8 Å². The Morgan fingerprint density at radius 1 is 1.25 bits per heavy atom. The molecule has 0 spiro atoms. The molecule has 1 aliphatic heterocycles. The molecule has 1 unspecified atom stereocenters. The highest BCUT2D eigenvalue weighted by Gasteiger charge is 2.35. The van der Waals surface area contributed by atoms with E-state index in [4.69, 9.17) is 0 Å². The molecule has 0 fully saturated rings. The molecule has 2 nitrogen and oxygen atoms in total. The molecule has 2 rings (SSSR count). The maximum Gasteiger partial charge on any atom is 0.203 e. The molecular formula is C17H20O2S. The molecule has 0 N–H and O–H groups in total. The molecular weight excluding hydrogens is 268 g/mol. The number of allylic oxidation sites excluding steroid dienone is 5. The van der Waals surface area contributed by atoms with Gasteiger partial charge < -0.3 is 0 Å². The van der Waals surface area contributed by atoms with E-state index < -0.39 is 9.84 Å². The highest BCUT2D eigenvalue weighted by molar-refractivity contribution is 7.95. The van der Waals surface area contributed by atoms with Gasteiger partial charge in [0.05, 0.1) is 4.90 Å². The first kappa shape index (κ1) is 14.8. The molecule has 0 saturated carbocycles. The first-order chi connectivity index (χ1) is 9.41. The van der Waals surface area contributed by atoms with E-state index in [0.29, 0.717) is 15.7 Å². The number of hydrogen-bond donors (Lipinski definition) is 0. The van der Waals surface area contributed by atoms with Crippen molar-refractivity contribution in [3.63, 3.8) is 0 Å². The van der Waals surface area contributed by atoms with Crippen molar-refractivity contribution in [3.05, 3.63) is 65.1 Å². The summed E-state index contributed by atoms with van der Waals surface area (Å²) in [6, 6.07) is 7.31. The first-order valence-electron chi connectivity index (χ1n) is 6.75. The fourth-order valence-electron chi connectivity index (χ4n) is 2.80. The fraction of sp³-hybridized carbons (Fsp3) is 0.294. The summed E-state index contributed by atoms with van der Waals surface area (Å²) in [5.74, 6) is 0.428.